The molecule has 0 aliphatic rings. The van der Waals surface area contributed by atoms with Gasteiger partial charge in [-0.15, -0.1) is 11.8 Å². The number of carbonyl (C=O) groups is 2. The van der Waals surface area contributed by atoms with Gasteiger partial charge in [0.05, 0.1) is 0 Å². The Kier molecular flexibility index (Phi) is 10.1. The van der Waals surface area contributed by atoms with Crippen molar-refractivity contribution in [3.63, 3.8) is 0 Å². The normalized spacial score (nSPS) is 12.8. The van der Waals surface area contributed by atoms with E-state index in [1.54, 1.807) is 16.7 Å². The number of benzene rings is 2. The van der Waals surface area contributed by atoms with E-state index >= 15 is 0 Å². The number of nitrogens with one attached hydrogen (secondary N) is 1. The summed E-state index contributed by atoms with van der Waals surface area (Å²) in [6, 6.07) is 16.0. The summed E-state index contributed by atoms with van der Waals surface area (Å²) in [5, 5.41) is 3.07. The Bertz CT molecular complexity index is 851. The molecule has 168 valence electrons. The van der Waals surface area contributed by atoms with Gasteiger partial charge in [0.1, 0.15) is 6.04 Å². The molecule has 0 unspecified atom stereocenters. The summed E-state index contributed by atoms with van der Waals surface area (Å²) in [7, 11) is 0. The molecule has 5 heteroatoms. The maximum absolute atomic E-state index is 13.3. The molecule has 31 heavy (non-hydrogen) atoms. The van der Waals surface area contributed by atoms with Crippen LogP contribution in [0.4, 0.5) is 0 Å². The smallest absolute Gasteiger partial charge is 0.243 e. The minimum atomic E-state index is -0.467. The summed E-state index contributed by atoms with van der Waals surface area (Å²) in [5.74, 6) is 0.647. The van der Waals surface area contributed by atoms with E-state index in [0.717, 1.165) is 22.4 Å². The molecule has 2 rings (SSSR count). The number of rotatable bonds is 11. The van der Waals surface area contributed by atoms with Crippen molar-refractivity contribution in [3.05, 3.63) is 65.2 Å². The van der Waals surface area contributed by atoms with Gasteiger partial charge in [0, 0.05) is 29.7 Å². The van der Waals surface area contributed by atoms with Gasteiger partial charge in [0.2, 0.25) is 11.8 Å². The fourth-order valence-corrected chi connectivity index (χ4v) is 4.21. The van der Waals surface area contributed by atoms with Crippen LogP contribution in [-0.2, 0) is 16.1 Å². The van der Waals surface area contributed by atoms with E-state index in [0.29, 0.717) is 25.1 Å². The Balaban J connectivity index is 2.14. The second-order valence-electron chi connectivity index (χ2n) is 8.10. The highest BCUT2D eigenvalue weighted by Crippen LogP contribution is 2.21. The van der Waals surface area contributed by atoms with Gasteiger partial charge in [0.25, 0.3) is 0 Å². The predicted octanol–water partition coefficient (Wildman–Crippen LogP) is 5.51. The minimum absolute atomic E-state index is 0.0222. The second-order valence-corrected chi connectivity index (χ2v) is 9.27. The quantitative estimate of drug-likeness (QED) is 0.469. The Hall–Kier alpha value is -2.27. The van der Waals surface area contributed by atoms with E-state index in [-0.39, 0.29) is 17.9 Å². The van der Waals surface area contributed by atoms with Gasteiger partial charge >= 0.3 is 0 Å². The van der Waals surface area contributed by atoms with Crippen LogP contribution in [-0.4, -0.2) is 34.6 Å². The molecule has 0 heterocycles. The Morgan fingerprint density at radius 1 is 1.00 bits per heavy atom. The Labute approximate surface area is 191 Å². The number of carbonyl (C=O) groups excluding carboxylic acids is 2. The molecular weight excluding hydrogens is 404 g/mol. The molecule has 0 bridgehead atoms. The zero-order valence-electron chi connectivity index (χ0n) is 19.5. The van der Waals surface area contributed by atoms with Crippen molar-refractivity contribution < 1.29 is 9.59 Å². The number of nitrogens with zero attached hydrogens (tertiary/aromatic N) is 1. The number of amides is 2. The van der Waals surface area contributed by atoms with Crippen LogP contribution in [0.1, 0.15) is 56.7 Å². The first-order valence-electron chi connectivity index (χ1n) is 11.2. The molecule has 0 aliphatic heterocycles. The van der Waals surface area contributed by atoms with Gasteiger partial charge in [-0.2, -0.15) is 0 Å². The molecule has 0 aromatic heterocycles. The summed E-state index contributed by atoms with van der Waals surface area (Å²) in [4.78, 5) is 29.2. The topological polar surface area (TPSA) is 49.4 Å². The molecule has 0 spiro atoms. The standard InChI is InChI=1S/C26H36N2O2S/c1-6-21(5)27-26(30)24(7-2)28(18-22-11-9-8-10-20(22)4)25(29)16-17-31-23-14-12-19(3)13-15-23/h8-15,21,24H,6-7,16-18H2,1-5H3,(H,27,30)/t21-,24-/m0/s1. The lowest BCUT2D eigenvalue weighted by Gasteiger charge is -2.32. The third kappa shape index (κ3) is 7.73. The largest absolute Gasteiger partial charge is 0.352 e. The summed E-state index contributed by atoms with van der Waals surface area (Å²) in [5.41, 5.74) is 3.44. The van der Waals surface area contributed by atoms with E-state index in [2.05, 4.69) is 36.5 Å². The van der Waals surface area contributed by atoms with Crippen molar-refractivity contribution in [3.8, 4) is 0 Å². The molecule has 0 aliphatic carbocycles. The van der Waals surface area contributed by atoms with Crippen molar-refractivity contribution in [1.82, 2.24) is 10.2 Å². The maximum atomic E-state index is 13.3. The minimum Gasteiger partial charge on any atom is -0.352 e. The lowest BCUT2D eigenvalue weighted by molar-refractivity contribution is -0.141. The van der Waals surface area contributed by atoms with Gasteiger partial charge in [-0.25, -0.2) is 0 Å². The molecule has 0 saturated carbocycles. The number of thioether (sulfide) groups is 1. The molecule has 2 amide bonds. The average molecular weight is 441 g/mol. The Morgan fingerprint density at radius 3 is 2.29 bits per heavy atom. The van der Waals surface area contributed by atoms with E-state index in [1.807, 2.05) is 52.0 Å². The molecule has 2 aromatic rings. The lowest BCUT2D eigenvalue weighted by atomic mass is 10.1. The van der Waals surface area contributed by atoms with Crippen LogP contribution in [0.3, 0.4) is 0 Å². The first-order chi connectivity index (χ1) is 14.8. The first-order valence-corrected chi connectivity index (χ1v) is 12.2. The van der Waals surface area contributed by atoms with Crippen molar-refractivity contribution in [2.45, 2.75) is 77.4 Å². The van der Waals surface area contributed by atoms with Gasteiger partial charge in [-0.3, -0.25) is 9.59 Å². The zero-order chi connectivity index (χ0) is 22.8. The van der Waals surface area contributed by atoms with Crippen molar-refractivity contribution >= 4 is 23.6 Å². The number of hydrogen-bond donors (Lipinski definition) is 1. The van der Waals surface area contributed by atoms with E-state index < -0.39 is 6.04 Å². The van der Waals surface area contributed by atoms with Gasteiger partial charge < -0.3 is 10.2 Å². The molecule has 0 fully saturated rings. The molecule has 0 saturated heterocycles. The van der Waals surface area contributed by atoms with Crippen LogP contribution in [0, 0.1) is 13.8 Å². The van der Waals surface area contributed by atoms with Gasteiger partial charge in [-0.1, -0.05) is 55.8 Å². The molecule has 1 N–H and O–H groups in total. The highest BCUT2D eigenvalue weighted by Gasteiger charge is 2.29. The second kappa shape index (κ2) is 12.6. The fraction of sp³-hybridized carbons (Fsp3) is 0.462. The molecule has 2 atom stereocenters. The van der Waals surface area contributed by atoms with E-state index in [9.17, 15) is 9.59 Å². The molecule has 4 nitrogen and oxygen atoms in total. The van der Waals surface area contributed by atoms with Gasteiger partial charge in [-0.05, 0) is 56.9 Å². The van der Waals surface area contributed by atoms with Crippen molar-refractivity contribution in [2.24, 2.45) is 0 Å². The lowest BCUT2D eigenvalue weighted by Crippen LogP contribution is -2.50. The molecule has 2 aromatic carbocycles. The van der Waals surface area contributed by atoms with Crippen LogP contribution >= 0.6 is 11.8 Å². The highest BCUT2D eigenvalue weighted by atomic mass is 32.2. The summed E-state index contributed by atoms with van der Waals surface area (Å²) >= 11 is 1.68. The van der Waals surface area contributed by atoms with Gasteiger partial charge in [0.15, 0.2) is 0 Å². The third-order valence-electron chi connectivity index (χ3n) is 5.59. The van der Waals surface area contributed by atoms with Crippen LogP contribution in [0.15, 0.2) is 53.4 Å². The maximum Gasteiger partial charge on any atom is 0.243 e. The monoisotopic (exact) mass is 440 g/mol. The summed E-state index contributed by atoms with van der Waals surface area (Å²) < 4.78 is 0. The van der Waals surface area contributed by atoms with E-state index in [4.69, 9.17) is 0 Å². The number of aryl methyl sites for hydroxylation is 2. The zero-order valence-corrected chi connectivity index (χ0v) is 20.3. The van der Waals surface area contributed by atoms with Crippen LogP contribution in [0.25, 0.3) is 0 Å². The fourth-order valence-electron chi connectivity index (χ4n) is 3.37. The van der Waals surface area contributed by atoms with E-state index in [1.165, 1.54) is 5.56 Å². The van der Waals surface area contributed by atoms with Crippen molar-refractivity contribution in [1.29, 1.82) is 0 Å². The van der Waals surface area contributed by atoms with Crippen LogP contribution in [0.2, 0.25) is 0 Å². The Morgan fingerprint density at radius 2 is 1.68 bits per heavy atom. The number of hydrogen-bond acceptors (Lipinski definition) is 3. The SMILES string of the molecule is CC[C@H](C)NC(=O)[C@H](CC)N(Cc1ccccc1C)C(=O)CCSc1ccc(C)cc1. The van der Waals surface area contributed by atoms with Crippen molar-refractivity contribution in [2.75, 3.05) is 5.75 Å². The third-order valence-corrected chi connectivity index (χ3v) is 6.61. The predicted molar refractivity (Wildman–Crippen MR) is 130 cm³/mol. The average Bonchev–Trinajstić information content (AvgIpc) is 2.76. The highest BCUT2D eigenvalue weighted by molar-refractivity contribution is 7.99. The summed E-state index contributed by atoms with van der Waals surface area (Å²) in [6.07, 6.45) is 1.85. The molecular formula is C26H36N2O2S. The molecule has 0 radical (unpaired) electrons. The summed E-state index contributed by atoms with van der Waals surface area (Å²) in [6.45, 7) is 10.6. The van der Waals surface area contributed by atoms with Crippen LogP contribution in [0.5, 0.6) is 0 Å². The van der Waals surface area contributed by atoms with Crippen LogP contribution < -0.4 is 5.32 Å². The first kappa shape index (κ1) is 25.0.